The lowest BCUT2D eigenvalue weighted by molar-refractivity contribution is 0.347. The van der Waals surface area contributed by atoms with Gasteiger partial charge in [0, 0.05) is 12.1 Å². The molecule has 1 rings (SSSR count). The predicted molar refractivity (Wildman–Crippen MR) is 55.1 cm³/mol. The second-order valence-electron chi connectivity index (χ2n) is 2.82. The first-order chi connectivity index (χ1) is 6.11. The number of aromatic hydroxyl groups is 1. The standard InChI is InChI=1S/C9H11Cl2NO/c1-12(9(10)11)6-7-4-2-3-5-8(7)13/h2-5,9,13H,6H2,1H3. The van der Waals surface area contributed by atoms with Crippen LogP contribution in [0.5, 0.6) is 5.75 Å². The van der Waals surface area contributed by atoms with Crippen molar-refractivity contribution < 1.29 is 5.11 Å². The summed E-state index contributed by atoms with van der Waals surface area (Å²) in [6, 6.07) is 7.11. The molecule has 0 saturated heterocycles. The van der Waals surface area contributed by atoms with Crippen molar-refractivity contribution in [3.05, 3.63) is 29.8 Å². The molecule has 0 fully saturated rings. The summed E-state index contributed by atoms with van der Waals surface area (Å²) in [5.74, 6) is 0.267. The molecular formula is C9H11Cl2NO. The highest BCUT2D eigenvalue weighted by molar-refractivity contribution is 6.43. The molecule has 13 heavy (non-hydrogen) atoms. The lowest BCUT2D eigenvalue weighted by Crippen LogP contribution is -2.21. The van der Waals surface area contributed by atoms with Gasteiger partial charge in [-0.15, -0.1) is 0 Å². The van der Waals surface area contributed by atoms with Crippen LogP contribution < -0.4 is 0 Å². The quantitative estimate of drug-likeness (QED) is 0.625. The van der Waals surface area contributed by atoms with E-state index in [9.17, 15) is 5.11 Å². The average Bonchev–Trinajstić information content (AvgIpc) is 2.08. The smallest absolute Gasteiger partial charge is 0.160 e. The Morgan fingerprint density at radius 3 is 2.54 bits per heavy atom. The number of alkyl halides is 2. The maximum absolute atomic E-state index is 9.43. The van der Waals surface area contributed by atoms with Crippen LogP contribution in [0.2, 0.25) is 0 Å². The highest BCUT2D eigenvalue weighted by atomic mass is 35.5. The third-order valence-corrected chi connectivity index (χ3v) is 2.41. The van der Waals surface area contributed by atoms with Crippen LogP contribution >= 0.6 is 23.2 Å². The topological polar surface area (TPSA) is 23.5 Å². The summed E-state index contributed by atoms with van der Waals surface area (Å²) < 4.78 is 0. The van der Waals surface area contributed by atoms with Crippen LogP contribution in [-0.4, -0.2) is 22.0 Å². The molecule has 0 radical (unpaired) electrons. The van der Waals surface area contributed by atoms with Gasteiger partial charge in [0.1, 0.15) is 5.75 Å². The van der Waals surface area contributed by atoms with Crippen molar-refractivity contribution >= 4 is 23.2 Å². The zero-order valence-electron chi connectivity index (χ0n) is 7.24. The zero-order valence-corrected chi connectivity index (χ0v) is 8.76. The molecule has 2 nitrogen and oxygen atoms in total. The van der Waals surface area contributed by atoms with E-state index < -0.39 is 4.96 Å². The molecule has 0 aliphatic carbocycles. The molecule has 1 aromatic rings. The fraction of sp³-hybridized carbons (Fsp3) is 0.333. The lowest BCUT2D eigenvalue weighted by Gasteiger charge is -2.17. The average molecular weight is 220 g/mol. The van der Waals surface area contributed by atoms with Crippen LogP contribution in [0, 0.1) is 0 Å². The van der Waals surface area contributed by atoms with Crippen LogP contribution in [0.15, 0.2) is 24.3 Å². The van der Waals surface area contributed by atoms with Crippen molar-refractivity contribution in [1.82, 2.24) is 4.90 Å². The number of benzene rings is 1. The minimum atomic E-state index is -0.556. The van der Waals surface area contributed by atoms with Gasteiger partial charge in [-0.25, -0.2) is 0 Å². The molecule has 1 N–H and O–H groups in total. The van der Waals surface area contributed by atoms with E-state index in [2.05, 4.69) is 0 Å². The van der Waals surface area contributed by atoms with Gasteiger partial charge in [-0.2, -0.15) is 0 Å². The highest BCUT2D eigenvalue weighted by Gasteiger charge is 2.09. The monoisotopic (exact) mass is 219 g/mol. The second kappa shape index (κ2) is 4.70. The Bertz CT molecular complexity index is 278. The van der Waals surface area contributed by atoms with Gasteiger partial charge in [0.05, 0.1) is 0 Å². The van der Waals surface area contributed by atoms with Crippen molar-refractivity contribution in [2.45, 2.75) is 11.5 Å². The lowest BCUT2D eigenvalue weighted by atomic mass is 10.2. The van der Waals surface area contributed by atoms with Crippen LogP contribution in [-0.2, 0) is 6.54 Å². The van der Waals surface area contributed by atoms with E-state index in [0.717, 1.165) is 5.56 Å². The van der Waals surface area contributed by atoms with E-state index >= 15 is 0 Å². The fourth-order valence-electron chi connectivity index (χ4n) is 0.982. The van der Waals surface area contributed by atoms with Gasteiger partial charge in [0.15, 0.2) is 4.96 Å². The maximum Gasteiger partial charge on any atom is 0.160 e. The summed E-state index contributed by atoms with van der Waals surface area (Å²) in [6.45, 7) is 0.532. The molecule has 0 amide bonds. The first-order valence-corrected chi connectivity index (χ1v) is 4.74. The number of rotatable bonds is 3. The summed E-state index contributed by atoms with van der Waals surface area (Å²) in [6.07, 6.45) is 0. The first-order valence-electron chi connectivity index (χ1n) is 3.86. The Labute approximate surface area is 87.7 Å². The van der Waals surface area contributed by atoms with Gasteiger partial charge in [0.2, 0.25) is 0 Å². The SMILES string of the molecule is CN(Cc1ccccc1O)C(Cl)Cl. The molecule has 0 bridgehead atoms. The van der Waals surface area contributed by atoms with Crippen LogP contribution in [0.1, 0.15) is 5.56 Å². The van der Waals surface area contributed by atoms with Gasteiger partial charge in [-0.3, -0.25) is 4.90 Å². The van der Waals surface area contributed by atoms with Gasteiger partial charge >= 0.3 is 0 Å². The van der Waals surface area contributed by atoms with Crippen molar-refractivity contribution in [3.63, 3.8) is 0 Å². The number of para-hydroxylation sites is 1. The van der Waals surface area contributed by atoms with Crippen LogP contribution in [0.4, 0.5) is 0 Å². The third-order valence-electron chi connectivity index (χ3n) is 1.74. The Morgan fingerprint density at radius 2 is 2.00 bits per heavy atom. The molecule has 0 saturated carbocycles. The summed E-state index contributed by atoms with van der Waals surface area (Å²) in [4.78, 5) is 1.16. The van der Waals surface area contributed by atoms with Crippen molar-refractivity contribution in [2.75, 3.05) is 7.05 Å². The van der Waals surface area contributed by atoms with Crippen molar-refractivity contribution in [3.8, 4) is 5.75 Å². The summed E-state index contributed by atoms with van der Waals surface area (Å²) in [7, 11) is 1.79. The highest BCUT2D eigenvalue weighted by Crippen LogP contribution is 2.19. The Morgan fingerprint density at radius 1 is 1.38 bits per heavy atom. The number of phenols is 1. The second-order valence-corrected chi connectivity index (χ2v) is 3.87. The van der Waals surface area contributed by atoms with Gasteiger partial charge in [-0.05, 0) is 13.1 Å². The molecule has 0 aliphatic heterocycles. The van der Waals surface area contributed by atoms with Gasteiger partial charge < -0.3 is 5.11 Å². The van der Waals surface area contributed by atoms with E-state index in [1.54, 1.807) is 24.1 Å². The molecular weight excluding hydrogens is 209 g/mol. The normalized spacial score (nSPS) is 11.2. The van der Waals surface area contributed by atoms with Gasteiger partial charge in [-0.1, -0.05) is 41.4 Å². The Balaban J connectivity index is 2.69. The third kappa shape index (κ3) is 3.07. The molecule has 4 heteroatoms. The summed E-state index contributed by atoms with van der Waals surface area (Å²) in [5, 5.41) is 9.43. The number of hydrogen-bond acceptors (Lipinski definition) is 2. The number of halogens is 2. The zero-order chi connectivity index (χ0) is 9.84. The van der Waals surface area contributed by atoms with E-state index in [4.69, 9.17) is 23.2 Å². The fourth-order valence-corrected chi connectivity index (χ4v) is 1.12. The number of nitrogens with zero attached hydrogens (tertiary/aromatic N) is 1. The van der Waals surface area contributed by atoms with E-state index in [1.807, 2.05) is 12.1 Å². The summed E-state index contributed by atoms with van der Waals surface area (Å²) in [5.41, 5.74) is 0.816. The maximum atomic E-state index is 9.43. The first kappa shape index (κ1) is 10.6. The molecule has 72 valence electrons. The molecule has 1 aromatic carbocycles. The van der Waals surface area contributed by atoms with Crippen molar-refractivity contribution in [1.29, 1.82) is 0 Å². The molecule has 0 heterocycles. The van der Waals surface area contributed by atoms with E-state index in [-0.39, 0.29) is 5.75 Å². The van der Waals surface area contributed by atoms with Crippen LogP contribution in [0.3, 0.4) is 0 Å². The largest absolute Gasteiger partial charge is 0.508 e. The predicted octanol–water partition coefficient (Wildman–Crippen LogP) is 2.59. The van der Waals surface area contributed by atoms with Crippen LogP contribution in [0.25, 0.3) is 0 Å². The molecule has 0 aliphatic rings. The van der Waals surface area contributed by atoms with E-state index in [0.29, 0.717) is 6.54 Å². The molecule has 0 spiro atoms. The van der Waals surface area contributed by atoms with E-state index in [1.165, 1.54) is 0 Å². The minimum absolute atomic E-state index is 0.267. The Hall–Kier alpha value is -0.440. The number of phenolic OH excluding ortho intramolecular Hbond substituents is 1. The summed E-state index contributed by atoms with van der Waals surface area (Å²) >= 11 is 11.3. The minimum Gasteiger partial charge on any atom is -0.508 e. The van der Waals surface area contributed by atoms with Gasteiger partial charge in [0.25, 0.3) is 0 Å². The molecule has 0 aromatic heterocycles. The Kier molecular flexibility index (Phi) is 3.85. The number of hydrogen-bond donors (Lipinski definition) is 1. The molecule has 0 atom stereocenters. The van der Waals surface area contributed by atoms with Crippen molar-refractivity contribution in [2.24, 2.45) is 0 Å². The molecule has 0 unspecified atom stereocenters.